The summed E-state index contributed by atoms with van der Waals surface area (Å²) >= 11 is 0. The van der Waals surface area contributed by atoms with Crippen molar-refractivity contribution in [1.82, 2.24) is 20.0 Å². The lowest BCUT2D eigenvalue weighted by Crippen LogP contribution is -2.11. The molecule has 0 radical (unpaired) electrons. The lowest BCUT2D eigenvalue weighted by atomic mass is 9.95. The van der Waals surface area contributed by atoms with E-state index < -0.39 is 17.8 Å². The van der Waals surface area contributed by atoms with Crippen LogP contribution in [0.5, 0.6) is 5.75 Å². The van der Waals surface area contributed by atoms with Gasteiger partial charge in [-0.2, -0.15) is 18.3 Å². The van der Waals surface area contributed by atoms with Crippen LogP contribution in [0.1, 0.15) is 67.1 Å². The number of nitrogens with zero attached hydrogens (tertiary/aromatic N) is 4. The first kappa shape index (κ1) is 26.2. The Morgan fingerprint density at radius 3 is 2.46 bits per heavy atom. The zero-order valence-corrected chi connectivity index (χ0v) is 20.0. The molecular formula is C25H29F3N4O3. The predicted octanol–water partition coefficient (Wildman–Crippen LogP) is 5.53. The van der Waals surface area contributed by atoms with Crippen molar-refractivity contribution in [3.63, 3.8) is 0 Å². The van der Waals surface area contributed by atoms with Crippen LogP contribution in [0, 0.1) is 6.92 Å². The molecule has 0 unspecified atom stereocenters. The second kappa shape index (κ2) is 11.3. The lowest BCUT2D eigenvalue weighted by Gasteiger charge is -2.14. The summed E-state index contributed by atoms with van der Waals surface area (Å²) < 4.78 is 45.9. The van der Waals surface area contributed by atoms with Crippen molar-refractivity contribution in [1.29, 1.82) is 0 Å². The Morgan fingerprint density at radius 1 is 1.11 bits per heavy atom. The number of halogens is 3. The van der Waals surface area contributed by atoms with E-state index in [0.29, 0.717) is 30.8 Å². The fourth-order valence-corrected chi connectivity index (χ4v) is 4.01. The third-order valence-electron chi connectivity index (χ3n) is 5.84. The Balaban J connectivity index is 1.76. The molecule has 1 N–H and O–H groups in total. The Morgan fingerprint density at radius 2 is 1.86 bits per heavy atom. The summed E-state index contributed by atoms with van der Waals surface area (Å²) in [7, 11) is 0. The van der Waals surface area contributed by atoms with Gasteiger partial charge in [0.25, 0.3) is 0 Å². The van der Waals surface area contributed by atoms with E-state index in [-0.39, 0.29) is 18.2 Å². The van der Waals surface area contributed by atoms with E-state index in [9.17, 15) is 18.0 Å². The number of alkyl halides is 3. The van der Waals surface area contributed by atoms with Crippen LogP contribution in [0.4, 0.5) is 13.2 Å². The van der Waals surface area contributed by atoms with Gasteiger partial charge < -0.3 is 9.84 Å². The standard InChI is InChI=1S/C25H29F3N4O3/c1-4-17(5-2)23-19(15-32(31-23)21-12-11-20(29-30-21)25(26,27)28)10-7-13-35-24-16(3)8-6-9-18(24)14-22(33)34/h6,8-9,11-12,15,17H,4-5,7,10,13-14H2,1-3H3,(H,33,34). The zero-order chi connectivity index (χ0) is 25.6. The average molecular weight is 491 g/mol. The molecule has 0 aliphatic carbocycles. The number of para-hydroxylation sites is 1. The van der Waals surface area contributed by atoms with Crippen LogP contribution in [0.3, 0.4) is 0 Å². The summed E-state index contributed by atoms with van der Waals surface area (Å²) in [5.74, 6) is 0.0823. The molecular weight excluding hydrogens is 461 g/mol. The minimum absolute atomic E-state index is 0.114. The van der Waals surface area contributed by atoms with Gasteiger partial charge in [0.2, 0.25) is 0 Å². The van der Waals surface area contributed by atoms with Crippen molar-refractivity contribution in [3.8, 4) is 11.6 Å². The van der Waals surface area contributed by atoms with Crippen molar-refractivity contribution in [2.45, 2.75) is 65.0 Å². The van der Waals surface area contributed by atoms with Gasteiger partial charge in [0.15, 0.2) is 11.5 Å². The molecule has 3 rings (SSSR count). The molecule has 188 valence electrons. The Labute approximate surface area is 202 Å². The summed E-state index contributed by atoms with van der Waals surface area (Å²) in [5, 5.41) is 20.8. The molecule has 35 heavy (non-hydrogen) atoms. The number of benzene rings is 1. The van der Waals surface area contributed by atoms with Crippen molar-refractivity contribution in [2.24, 2.45) is 0 Å². The number of aryl methyl sites for hydroxylation is 2. The van der Waals surface area contributed by atoms with Gasteiger partial charge in [0, 0.05) is 17.7 Å². The predicted molar refractivity (Wildman–Crippen MR) is 124 cm³/mol. The molecule has 0 spiro atoms. The van der Waals surface area contributed by atoms with Gasteiger partial charge in [-0.15, -0.1) is 10.2 Å². The quantitative estimate of drug-likeness (QED) is 0.356. The molecule has 0 aliphatic rings. The van der Waals surface area contributed by atoms with Crippen molar-refractivity contribution >= 4 is 5.97 Å². The van der Waals surface area contributed by atoms with E-state index >= 15 is 0 Å². The minimum Gasteiger partial charge on any atom is -0.493 e. The highest BCUT2D eigenvalue weighted by atomic mass is 19.4. The minimum atomic E-state index is -4.55. The molecule has 1 aromatic carbocycles. The number of ether oxygens (including phenoxy) is 1. The Hall–Kier alpha value is -3.43. The van der Waals surface area contributed by atoms with Crippen molar-refractivity contribution in [3.05, 3.63) is 64.6 Å². The van der Waals surface area contributed by atoms with Crippen LogP contribution in [0.2, 0.25) is 0 Å². The largest absolute Gasteiger partial charge is 0.493 e. The maximum absolute atomic E-state index is 12.8. The Bertz CT molecular complexity index is 1140. The summed E-state index contributed by atoms with van der Waals surface area (Å²) in [6, 6.07) is 7.58. The molecule has 0 saturated heterocycles. The van der Waals surface area contributed by atoms with Crippen LogP contribution >= 0.6 is 0 Å². The number of carboxylic acids is 1. The lowest BCUT2D eigenvalue weighted by molar-refractivity contribution is -0.141. The van der Waals surface area contributed by atoms with Crippen LogP contribution < -0.4 is 4.74 Å². The SMILES string of the molecule is CCC(CC)c1nn(-c2ccc(C(F)(F)F)nn2)cc1CCCOc1c(C)cccc1CC(=O)O. The van der Waals surface area contributed by atoms with Gasteiger partial charge in [0.1, 0.15) is 5.75 Å². The van der Waals surface area contributed by atoms with E-state index in [4.69, 9.17) is 9.84 Å². The van der Waals surface area contributed by atoms with Crippen molar-refractivity contribution < 1.29 is 27.8 Å². The first-order valence-electron chi connectivity index (χ1n) is 11.6. The number of aliphatic carboxylic acids is 1. The third kappa shape index (κ3) is 6.58. The van der Waals surface area contributed by atoms with Gasteiger partial charge in [-0.25, -0.2) is 4.68 Å². The summed E-state index contributed by atoms with van der Waals surface area (Å²) in [5.41, 5.74) is 2.31. The molecule has 2 aromatic heterocycles. The van der Waals surface area contributed by atoms with Crippen LogP contribution in [0.25, 0.3) is 5.82 Å². The molecule has 3 aromatic rings. The maximum atomic E-state index is 12.8. The van der Waals surface area contributed by atoms with E-state index in [1.165, 1.54) is 10.7 Å². The van der Waals surface area contributed by atoms with E-state index in [1.54, 1.807) is 18.3 Å². The highest BCUT2D eigenvalue weighted by Gasteiger charge is 2.33. The van der Waals surface area contributed by atoms with E-state index in [1.807, 2.05) is 13.0 Å². The molecule has 0 bridgehead atoms. The highest BCUT2D eigenvalue weighted by molar-refractivity contribution is 5.71. The number of aromatic nitrogens is 4. The molecule has 0 saturated carbocycles. The van der Waals surface area contributed by atoms with Gasteiger partial charge >= 0.3 is 12.1 Å². The van der Waals surface area contributed by atoms with Gasteiger partial charge in [0.05, 0.1) is 18.7 Å². The van der Waals surface area contributed by atoms with Crippen LogP contribution in [-0.2, 0) is 23.8 Å². The van der Waals surface area contributed by atoms with Crippen LogP contribution in [0.15, 0.2) is 36.5 Å². The molecule has 0 amide bonds. The van der Waals surface area contributed by atoms with E-state index in [0.717, 1.165) is 35.7 Å². The molecule has 10 heteroatoms. The average Bonchev–Trinajstić information content (AvgIpc) is 3.22. The van der Waals surface area contributed by atoms with Gasteiger partial charge in [-0.1, -0.05) is 32.0 Å². The highest BCUT2D eigenvalue weighted by Crippen LogP contribution is 2.29. The molecule has 7 nitrogen and oxygen atoms in total. The van der Waals surface area contributed by atoms with Gasteiger partial charge in [-0.05, 0) is 55.9 Å². The van der Waals surface area contributed by atoms with Crippen LogP contribution in [-0.4, -0.2) is 37.7 Å². The molecule has 2 heterocycles. The summed E-state index contributed by atoms with van der Waals surface area (Å²) in [6.07, 6.45) is 0.154. The first-order chi connectivity index (χ1) is 16.6. The topological polar surface area (TPSA) is 90.1 Å². The Kier molecular flexibility index (Phi) is 8.48. The monoisotopic (exact) mass is 490 g/mol. The zero-order valence-electron chi connectivity index (χ0n) is 20.0. The number of hydrogen-bond acceptors (Lipinski definition) is 5. The normalized spacial score (nSPS) is 11.7. The fraction of sp³-hybridized carbons (Fsp3) is 0.440. The summed E-state index contributed by atoms with van der Waals surface area (Å²) in [6.45, 7) is 6.40. The third-order valence-corrected chi connectivity index (χ3v) is 5.84. The van der Waals surface area contributed by atoms with Gasteiger partial charge in [-0.3, -0.25) is 4.79 Å². The first-order valence-corrected chi connectivity index (χ1v) is 11.6. The number of rotatable bonds is 11. The smallest absolute Gasteiger partial charge is 0.435 e. The second-order valence-electron chi connectivity index (χ2n) is 8.36. The second-order valence-corrected chi connectivity index (χ2v) is 8.36. The maximum Gasteiger partial charge on any atom is 0.435 e. The number of carboxylic acid groups (broad SMARTS) is 1. The number of hydrogen-bond donors (Lipinski definition) is 1. The van der Waals surface area contributed by atoms with Crippen molar-refractivity contribution in [2.75, 3.05) is 6.61 Å². The molecule has 0 aliphatic heterocycles. The summed E-state index contributed by atoms with van der Waals surface area (Å²) in [4.78, 5) is 11.2. The van der Waals surface area contributed by atoms with E-state index in [2.05, 4.69) is 29.1 Å². The number of carbonyl (C=O) groups is 1. The molecule has 0 atom stereocenters. The molecule has 0 fully saturated rings. The fourth-order valence-electron chi connectivity index (χ4n) is 4.01.